The minimum Gasteiger partial charge on any atom is -0.340 e. The van der Waals surface area contributed by atoms with E-state index in [2.05, 4.69) is 28.3 Å². The van der Waals surface area contributed by atoms with Crippen LogP contribution in [0.5, 0.6) is 0 Å². The molecule has 7 heteroatoms. The second kappa shape index (κ2) is 9.18. The van der Waals surface area contributed by atoms with Crippen LogP contribution >= 0.6 is 11.6 Å². The van der Waals surface area contributed by atoms with Gasteiger partial charge in [-0.3, -0.25) is 9.78 Å². The number of nitrogens with zero attached hydrogens (tertiary/aromatic N) is 5. The van der Waals surface area contributed by atoms with Crippen LogP contribution in [0.4, 0.5) is 0 Å². The lowest BCUT2D eigenvalue weighted by molar-refractivity contribution is -0.133. The zero-order valence-corrected chi connectivity index (χ0v) is 19.1. The Kier molecular flexibility index (Phi) is 6.37. The first-order valence-corrected chi connectivity index (χ1v) is 11.1. The molecule has 162 valence electrons. The van der Waals surface area contributed by atoms with Crippen LogP contribution in [0.3, 0.4) is 0 Å². The summed E-state index contributed by atoms with van der Waals surface area (Å²) >= 11 is 6.15. The quantitative estimate of drug-likeness (QED) is 0.598. The van der Waals surface area contributed by atoms with Crippen molar-refractivity contribution < 1.29 is 4.79 Å². The Morgan fingerprint density at radius 1 is 1.13 bits per heavy atom. The molecule has 31 heavy (non-hydrogen) atoms. The van der Waals surface area contributed by atoms with Crippen LogP contribution in [0.2, 0.25) is 5.02 Å². The zero-order chi connectivity index (χ0) is 22.0. The largest absolute Gasteiger partial charge is 0.340 e. The summed E-state index contributed by atoms with van der Waals surface area (Å²) in [5.74, 6) is 1.79. The molecule has 1 aromatic carbocycles. The highest BCUT2D eigenvalue weighted by atomic mass is 35.5. The molecule has 3 aromatic rings. The fourth-order valence-electron chi connectivity index (χ4n) is 4.35. The van der Waals surface area contributed by atoms with Crippen LogP contribution in [0, 0.1) is 20.8 Å². The first-order valence-electron chi connectivity index (χ1n) is 10.7. The van der Waals surface area contributed by atoms with E-state index in [0.717, 1.165) is 48.0 Å². The molecule has 1 atom stereocenters. The zero-order valence-electron chi connectivity index (χ0n) is 18.3. The van der Waals surface area contributed by atoms with E-state index in [-0.39, 0.29) is 18.4 Å². The number of halogens is 1. The number of rotatable bonds is 5. The Labute approximate surface area is 188 Å². The number of hydrogen-bond donors (Lipinski definition) is 0. The van der Waals surface area contributed by atoms with Gasteiger partial charge in [0.05, 0.1) is 0 Å². The molecule has 0 N–H and O–H groups in total. The van der Waals surface area contributed by atoms with Crippen LogP contribution in [-0.2, 0) is 17.8 Å². The molecule has 2 aromatic heterocycles. The molecule has 1 aliphatic heterocycles. The van der Waals surface area contributed by atoms with Gasteiger partial charge in [0.1, 0.15) is 18.2 Å². The fourth-order valence-corrected chi connectivity index (χ4v) is 4.56. The van der Waals surface area contributed by atoms with Crippen molar-refractivity contribution >= 4 is 17.5 Å². The van der Waals surface area contributed by atoms with E-state index < -0.39 is 0 Å². The number of pyridine rings is 1. The minimum atomic E-state index is 0.0875. The summed E-state index contributed by atoms with van der Waals surface area (Å²) in [5.41, 5.74) is 4.49. The van der Waals surface area contributed by atoms with Gasteiger partial charge >= 0.3 is 0 Å². The summed E-state index contributed by atoms with van der Waals surface area (Å²) in [6.45, 7) is 7.47. The van der Waals surface area contributed by atoms with E-state index in [1.165, 1.54) is 11.1 Å². The summed E-state index contributed by atoms with van der Waals surface area (Å²) in [6.07, 6.45) is 2.83. The molecule has 1 fully saturated rings. The average molecular weight is 438 g/mol. The molecule has 0 saturated carbocycles. The number of carbonyl (C=O) groups excluding carboxylic acids is 1. The predicted molar refractivity (Wildman–Crippen MR) is 121 cm³/mol. The summed E-state index contributed by atoms with van der Waals surface area (Å²) in [7, 11) is 0. The number of likely N-dealkylation sites (tertiary alicyclic amines) is 1. The lowest BCUT2D eigenvalue weighted by atomic mass is 9.92. The molecular weight excluding hydrogens is 410 g/mol. The van der Waals surface area contributed by atoms with Gasteiger partial charge < -0.3 is 4.90 Å². The third-order valence-corrected chi connectivity index (χ3v) is 6.01. The molecule has 1 saturated heterocycles. The van der Waals surface area contributed by atoms with Crippen molar-refractivity contribution in [3.8, 4) is 0 Å². The number of piperidine rings is 1. The fraction of sp³-hybridized carbons (Fsp3) is 0.417. The van der Waals surface area contributed by atoms with E-state index in [1.54, 1.807) is 4.68 Å². The van der Waals surface area contributed by atoms with E-state index in [9.17, 15) is 4.79 Å². The maximum absolute atomic E-state index is 12.9. The summed E-state index contributed by atoms with van der Waals surface area (Å²) in [4.78, 5) is 24.0. The first-order chi connectivity index (χ1) is 14.9. The number of hydrogen-bond acceptors (Lipinski definition) is 4. The van der Waals surface area contributed by atoms with Crippen LogP contribution in [0.1, 0.15) is 52.9 Å². The highest BCUT2D eigenvalue weighted by Crippen LogP contribution is 2.27. The smallest absolute Gasteiger partial charge is 0.244 e. The van der Waals surface area contributed by atoms with E-state index in [0.29, 0.717) is 12.4 Å². The van der Waals surface area contributed by atoms with Crippen molar-refractivity contribution in [2.75, 3.05) is 13.1 Å². The standard InChI is InChI=1S/C24H28ClN5O/c1-16-10-20(11-19-6-4-8-22(25)12-19)13-23(26-16)21-7-5-9-29(14-21)24(31)15-30-18(3)27-17(2)28-30/h4,6,8,10,12-13,21H,5,7,9,11,14-15H2,1-3H3/t21-/m1/s1. The number of benzene rings is 1. The predicted octanol–water partition coefficient (Wildman–Crippen LogP) is 4.25. The van der Waals surface area contributed by atoms with Gasteiger partial charge in [-0.25, -0.2) is 9.67 Å². The van der Waals surface area contributed by atoms with Crippen molar-refractivity contribution in [2.24, 2.45) is 0 Å². The van der Waals surface area contributed by atoms with Crippen molar-refractivity contribution in [3.05, 3.63) is 75.6 Å². The van der Waals surface area contributed by atoms with Crippen molar-refractivity contribution in [1.82, 2.24) is 24.6 Å². The van der Waals surface area contributed by atoms with Crippen LogP contribution in [0.25, 0.3) is 0 Å². The van der Waals surface area contributed by atoms with Gasteiger partial charge in [0, 0.05) is 35.4 Å². The van der Waals surface area contributed by atoms with Crippen LogP contribution in [0.15, 0.2) is 36.4 Å². The van der Waals surface area contributed by atoms with Crippen molar-refractivity contribution in [1.29, 1.82) is 0 Å². The first kappa shape index (κ1) is 21.5. The third kappa shape index (κ3) is 5.31. The van der Waals surface area contributed by atoms with E-state index in [1.807, 2.05) is 43.9 Å². The average Bonchev–Trinajstić information content (AvgIpc) is 3.04. The number of carbonyl (C=O) groups is 1. The normalized spacial score (nSPS) is 16.5. The third-order valence-electron chi connectivity index (χ3n) is 5.77. The molecule has 0 bridgehead atoms. The second-order valence-electron chi connectivity index (χ2n) is 8.39. The van der Waals surface area contributed by atoms with Gasteiger partial charge in [-0.1, -0.05) is 23.7 Å². The Balaban J connectivity index is 1.48. The molecule has 1 amide bonds. The minimum absolute atomic E-state index is 0.0875. The SMILES string of the molecule is Cc1cc(Cc2cccc(Cl)c2)cc([C@@H]2CCCN(C(=O)Cn3nc(C)nc3C)C2)n1. The number of aryl methyl sites for hydroxylation is 3. The Morgan fingerprint density at radius 3 is 2.71 bits per heavy atom. The van der Waals surface area contributed by atoms with Crippen LogP contribution < -0.4 is 0 Å². The van der Waals surface area contributed by atoms with Crippen molar-refractivity contribution in [2.45, 2.75) is 52.5 Å². The molecule has 3 heterocycles. The molecular formula is C24H28ClN5O. The van der Waals surface area contributed by atoms with E-state index in [4.69, 9.17) is 16.6 Å². The lowest BCUT2D eigenvalue weighted by Crippen LogP contribution is -2.41. The Morgan fingerprint density at radius 2 is 1.97 bits per heavy atom. The van der Waals surface area contributed by atoms with Gasteiger partial charge in [-0.2, -0.15) is 5.10 Å². The van der Waals surface area contributed by atoms with Crippen molar-refractivity contribution in [3.63, 3.8) is 0 Å². The molecule has 0 unspecified atom stereocenters. The molecule has 6 nitrogen and oxygen atoms in total. The second-order valence-corrected chi connectivity index (χ2v) is 8.83. The highest BCUT2D eigenvalue weighted by molar-refractivity contribution is 6.30. The van der Waals surface area contributed by atoms with Gasteiger partial charge in [0.25, 0.3) is 0 Å². The maximum atomic E-state index is 12.9. The molecule has 0 spiro atoms. The highest BCUT2D eigenvalue weighted by Gasteiger charge is 2.26. The van der Waals surface area contributed by atoms with E-state index >= 15 is 0 Å². The molecule has 0 aliphatic carbocycles. The lowest BCUT2D eigenvalue weighted by Gasteiger charge is -2.33. The monoisotopic (exact) mass is 437 g/mol. The molecule has 1 aliphatic rings. The number of aromatic nitrogens is 4. The summed E-state index contributed by atoms with van der Waals surface area (Å²) in [6, 6.07) is 12.3. The Bertz CT molecular complexity index is 1090. The van der Waals surface area contributed by atoms with Gasteiger partial charge in [-0.05, 0) is 75.4 Å². The van der Waals surface area contributed by atoms with Gasteiger partial charge in [0.2, 0.25) is 5.91 Å². The molecule has 4 rings (SSSR count). The number of amides is 1. The van der Waals surface area contributed by atoms with Gasteiger partial charge in [-0.15, -0.1) is 0 Å². The Hall–Kier alpha value is -2.73. The molecule has 0 radical (unpaired) electrons. The topological polar surface area (TPSA) is 63.9 Å². The maximum Gasteiger partial charge on any atom is 0.244 e. The summed E-state index contributed by atoms with van der Waals surface area (Å²) in [5, 5.41) is 5.08. The van der Waals surface area contributed by atoms with Crippen LogP contribution in [-0.4, -0.2) is 43.6 Å². The summed E-state index contributed by atoms with van der Waals surface area (Å²) < 4.78 is 1.69. The van der Waals surface area contributed by atoms with Gasteiger partial charge in [0.15, 0.2) is 0 Å².